The minimum atomic E-state index is -3.67. The highest BCUT2D eigenvalue weighted by molar-refractivity contribution is 8.13. The third-order valence-corrected chi connectivity index (χ3v) is 10.4. The molecule has 0 spiro atoms. The van der Waals surface area contributed by atoms with Crippen molar-refractivity contribution >= 4 is 55.1 Å². The predicted octanol–water partition coefficient (Wildman–Crippen LogP) is 7.87. The molecule has 0 radical (unpaired) electrons. The van der Waals surface area contributed by atoms with Crippen LogP contribution >= 0.6 is 11.8 Å². The molecule has 13 heteroatoms. The van der Waals surface area contributed by atoms with Crippen LogP contribution in [0.2, 0.25) is 0 Å². The predicted molar refractivity (Wildman–Crippen MR) is 183 cm³/mol. The van der Waals surface area contributed by atoms with Crippen molar-refractivity contribution in [2.45, 2.75) is 113 Å². The number of unbranched alkanes of at least 4 members (excludes halogenated alkanes) is 13. The van der Waals surface area contributed by atoms with Crippen LogP contribution in [-0.2, 0) is 26.1 Å². The Hall–Kier alpha value is -3.45. The highest BCUT2D eigenvalue weighted by Gasteiger charge is 2.30. The fourth-order valence-corrected chi connectivity index (χ4v) is 7.74. The second-order valence-electron chi connectivity index (χ2n) is 11.6. The average Bonchev–Trinajstić information content (AvgIpc) is 3.58. The van der Waals surface area contributed by atoms with Gasteiger partial charge in [-0.15, -0.1) is 5.10 Å². The van der Waals surface area contributed by atoms with Gasteiger partial charge in [0.2, 0.25) is 5.16 Å². The topological polar surface area (TPSA) is 136 Å². The van der Waals surface area contributed by atoms with Crippen molar-refractivity contribution in [1.29, 1.82) is 0 Å². The van der Waals surface area contributed by atoms with Gasteiger partial charge in [-0.3, -0.25) is 14.3 Å². The second-order valence-corrected chi connectivity index (χ2v) is 14.2. The molecule has 1 N–H and O–H groups in total. The summed E-state index contributed by atoms with van der Waals surface area (Å²) in [4.78, 5) is 27.9. The zero-order chi connectivity index (χ0) is 32.8. The van der Waals surface area contributed by atoms with Crippen molar-refractivity contribution in [3.63, 3.8) is 0 Å². The zero-order valence-electron chi connectivity index (χ0n) is 26.8. The van der Waals surface area contributed by atoms with E-state index in [4.69, 9.17) is 4.74 Å². The third-order valence-electron chi connectivity index (χ3n) is 8.08. The molecule has 1 aliphatic heterocycles. The monoisotopic (exact) mass is 670 g/mol. The number of esters is 1. The van der Waals surface area contributed by atoms with E-state index >= 15 is 0 Å². The Kier molecular flexibility index (Phi) is 13.9. The maximum absolute atomic E-state index is 13.9. The number of nitrogens with one attached hydrogen (secondary N) is 1. The van der Waals surface area contributed by atoms with Crippen LogP contribution < -0.4 is 9.62 Å². The minimum Gasteiger partial charge on any atom is -0.460 e. The molecule has 1 aromatic heterocycles. The van der Waals surface area contributed by atoms with E-state index in [-0.39, 0.29) is 28.4 Å². The number of carbonyl (C=O) groups is 2. The standard InChI is InChI=1S/C33H46N6O5S2/c1-3-5-6-7-8-9-10-11-12-13-14-15-16-17-23-38(33(41)45-32-34-36-37-39(32)25-30(40)44-24-4-2)28-21-22-29-31-26(28)19-18-20-27(31)35-46(29,42)43/h4,18-22,35H,2-3,5-17,23-25H2,1H3. The number of amides is 1. The van der Waals surface area contributed by atoms with Gasteiger partial charge in [0.05, 0.1) is 16.3 Å². The van der Waals surface area contributed by atoms with Crippen molar-refractivity contribution in [2.75, 3.05) is 22.8 Å². The number of carbonyl (C=O) groups excluding carboxylic acids is 2. The lowest BCUT2D eigenvalue weighted by Gasteiger charge is -2.24. The molecule has 1 amide bonds. The summed E-state index contributed by atoms with van der Waals surface area (Å²) in [5.41, 5.74) is 1.10. The van der Waals surface area contributed by atoms with Crippen LogP contribution in [0.25, 0.3) is 10.8 Å². The summed E-state index contributed by atoms with van der Waals surface area (Å²) in [5.74, 6) is -0.554. The van der Waals surface area contributed by atoms with Gasteiger partial charge in [0.15, 0.2) is 0 Å². The average molecular weight is 671 g/mol. The van der Waals surface area contributed by atoms with Crippen LogP contribution in [0.5, 0.6) is 0 Å². The van der Waals surface area contributed by atoms with E-state index < -0.39 is 16.0 Å². The van der Waals surface area contributed by atoms with Gasteiger partial charge in [-0.1, -0.05) is 115 Å². The summed E-state index contributed by atoms with van der Waals surface area (Å²) in [6.45, 7) is 6.03. The Balaban J connectivity index is 1.37. The molecule has 0 atom stereocenters. The summed E-state index contributed by atoms with van der Waals surface area (Å²) >= 11 is 0.817. The lowest BCUT2D eigenvalue weighted by molar-refractivity contribution is -0.143. The van der Waals surface area contributed by atoms with E-state index in [1.54, 1.807) is 29.2 Å². The molecule has 0 unspecified atom stereocenters. The number of ether oxygens (including phenoxy) is 1. The van der Waals surface area contributed by atoms with Gasteiger partial charge in [0, 0.05) is 29.1 Å². The summed E-state index contributed by atoms with van der Waals surface area (Å²) in [7, 11) is -3.67. The molecular weight excluding hydrogens is 625 g/mol. The molecule has 11 nitrogen and oxygen atoms in total. The first kappa shape index (κ1) is 35.4. The molecule has 4 rings (SSSR count). The van der Waals surface area contributed by atoms with Gasteiger partial charge in [-0.2, -0.15) is 0 Å². The lowest BCUT2D eigenvalue weighted by Crippen LogP contribution is -2.29. The number of thioether (sulfide) groups is 1. The number of aromatic nitrogens is 4. The van der Waals surface area contributed by atoms with Gasteiger partial charge >= 0.3 is 5.97 Å². The lowest BCUT2D eigenvalue weighted by atomic mass is 10.0. The molecule has 0 bridgehead atoms. The van der Waals surface area contributed by atoms with Crippen LogP contribution in [0, 0.1) is 0 Å². The van der Waals surface area contributed by atoms with E-state index in [2.05, 4.69) is 33.8 Å². The smallest absolute Gasteiger partial charge is 0.328 e. The molecule has 2 heterocycles. The highest BCUT2D eigenvalue weighted by Crippen LogP contribution is 2.42. The van der Waals surface area contributed by atoms with Crippen molar-refractivity contribution in [1.82, 2.24) is 20.2 Å². The van der Waals surface area contributed by atoms with Crippen LogP contribution in [0.15, 0.2) is 53.0 Å². The number of rotatable bonds is 21. The molecule has 1 aliphatic rings. The quantitative estimate of drug-likeness (QED) is 0.0519. The Bertz CT molecular complexity index is 1580. The van der Waals surface area contributed by atoms with Crippen molar-refractivity contribution in [3.05, 3.63) is 43.0 Å². The molecule has 0 aliphatic carbocycles. The maximum Gasteiger partial charge on any atom is 0.328 e. The van der Waals surface area contributed by atoms with Gasteiger partial charge in [-0.05, 0) is 35.0 Å². The highest BCUT2D eigenvalue weighted by atomic mass is 32.2. The molecule has 3 aromatic rings. The Morgan fingerprint density at radius 3 is 2.26 bits per heavy atom. The Labute approximate surface area is 276 Å². The van der Waals surface area contributed by atoms with E-state index in [9.17, 15) is 18.0 Å². The number of hydrogen-bond acceptors (Lipinski definition) is 9. The number of hydrogen-bond donors (Lipinski definition) is 1. The molecule has 46 heavy (non-hydrogen) atoms. The number of anilines is 2. The summed E-state index contributed by atoms with van der Waals surface area (Å²) in [6, 6.07) is 8.55. The van der Waals surface area contributed by atoms with Crippen LogP contribution in [0.4, 0.5) is 16.2 Å². The van der Waals surface area contributed by atoms with Crippen LogP contribution in [-0.4, -0.2) is 53.0 Å². The Morgan fingerprint density at radius 1 is 0.957 bits per heavy atom. The maximum atomic E-state index is 13.9. The van der Waals surface area contributed by atoms with E-state index in [1.165, 1.54) is 81.4 Å². The van der Waals surface area contributed by atoms with Crippen LogP contribution in [0.1, 0.15) is 96.8 Å². The number of benzene rings is 2. The molecule has 0 fully saturated rings. The third kappa shape index (κ3) is 9.78. The number of tetrazole rings is 1. The van der Waals surface area contributed by atoms with Crippen molar-refractivity contribution < 1.29 is 22.7 Å². The SMILES string of the molecule is C=CCOC(=O)Cn1nnnc1SC(=O)N(CCCCCCCCCCCCCCCC)c1ccc2c3c(cccc13)NS2(=O)=O. The number of nitrogens with zero attached hydrogens (tertiary/aromatic N) is 5. The van der Waals surface area contributed by atoms with Gasteiger partial charge < -0.3 is 9.64 Å². The molecule has 250 valence electrons. The number of sulfonamides is 1. The normalized spacial score (nSPS) is 13.1. The van der Waals surface area contributed by atoms with Crippen molar-refractivity contribution in [3.8, 4) is 0 Å². The molecule has 2 aromatic carbocycles. The molecular formula is C33H46N6O5S2. The van der Waals surface area contributed by atoms with Gasteiger partial charge in [0.1, 0.15) is 13.2 Å². The van der Waals surface area contributed by atoms with Crippen molar-refractivity contribution in [2.24, 2.45) is 0 Å². The molecule has 0 saturated heterocycles. The fourth-order valence-electron chi connectivity index (χ4n) is 5.70. The fraction of sp³-hybridized carbons (Fsp3) is 0.545. The van der Waals surface area contributed by atoms with E-state index in [1.807, 2.05) is 6.07 Å². The largest absolute Gasteiger partial charge is 0.460 e. The first-order valence-electron chi connectivity index (χ1n) is 16.5. The summed E-state index contributed by atoms with van der Waals surface area (Å²) in [5, 5.41) is 12.5. The summed E-state index contributed by atoms with van der Waals surface area (Å²) < 4.78 is 34.3. The van der Waals surface area contributed by atoms with Gasteiger partial charge in [-0.25, -0.2) is 13.1 Å². The second kappa shape index (κ2) is 18.0. The van der Waals surface area contributed by atoms with Crippen LogP contribution in [0.3, 0.4) is 0 Å². The van der Waals surface area contributed by atoms with Gasteiger partial charge in [0.25, 0.3) is 15.3 Å². The first-order valence-corrected chi connectivity index (χ1v) is 18.8. The zero-order valence-corrected chi connectivity index (χ0v) is 28.4. The first-order chi connectivity index (χ1) is 22.4. The van der Waals surface area contributed by atoms with E-state index in [0.29, 0.717) is 28.7 Å². The molecule has 0 saturated carbocycles. The van der Waals surface area contributed by atoms with E-state index in [0.717, 1.165) is 31.0 Å². The summed E-state index contributed by atoms with van der Waals surface area (Å²) in [6.07, 6.45) is 18.7. The Morgan fingerprint density at radius 2 is 1.61 bits per heavy atom. The minimum absolute atomic E-state index is 0.0605.